The van der Waals surface area contributed by atoms with E-state index in [4.69, 9.17) is 9.47 Å². The minimum absolute atomic E-state index is 0.0521. The summed E-state index contributed by atoms with van der Waals surface area (Å²) in [6, 6.07) is 7.80. The van der Waals surface area contributed by atoms with Crippen molar-refractivity contribution in [1.82, 2.24) is 5.32 Å². The third-order valence-electron chi connectivity index (χ3n) is 2.80. The lowest BCUT2D eigenvalue weighted by atomic mass is 10.2. The van der Waals surface area contributed by atoms with Gasteiger partial charge in [0.1, 0.15) is 5.75 Å². The van der Waals surface area contributed by atoms with Crippen LogP contribution in [0.15, 0.2) is 24.3 Å². The van der Waals surface area contributed by atoms with Gasteiger partial charge in [0.05, 0.1) is 6.10 Å². The van der Waals surface area contributed by atoms with Gasteiger partial charge in [0.25, 0.3) is 5.91 Å². The van der Waals surface area contributed by atoms with Gasteiger partial charge in [-0.2, -0.15) is 0 Å². The maximum atomic E-state index is 11.6. The van der Waals surface area contributed by atoms with Crippen LogP contribution in [0.5, 0.6) is 5.75 Å². The van der Waals surface area contributed by atoms with Gasteiger partial charge in [-0.25, -0.2) is 0 Å². The van der Waals surface area contributed by atoms with Crippen molar-refractivity contribution in [3.8, 4) is 5.75 Å². The highest BCUT2D eigenvalue weighted by Crippen LogP contribution is 2.12. The molecule has 0 aliphatic carbocycles. The number of carbonyl (C=O) groups excluding carboxylic acids is 1. The van der Waals surface area contributed by atoms with Crippen LogP contribution in [-0.4, -0.2) is 31.8 Å². The molecule has 0 unspecified atom stereocenters. The zero-order chi connectivity index (χ0) is 14.8. The van der Waals surface area contributed by atoms with Gasteiger partial charge in [0.15, 0.2) is 6.61 Å². The van der Waals surface area contributed by atoms with Gasteiger partial charge in [-0.1, -0.05) is 19.1 Å². The lowest BCUT2D eigenvalue weighted by Crippen LogP contribution is -2.30. The maximum absolute atomic E-state index is 11.6. The lowest BCUT2D eigenvalue weighted by Gasteiger charge is -2.09. The van der Waals surface area contributed by atoms with E-state index in [9.17, 15) is 4.79 Å². The molecule has 20 heavy (non-hydrogen) atoms. The van der Waals surface area contributed by atoms with Crippen molar-refractivity contribution >= 4 is 5.91 Å². The third kappa shape index (κ3) is 7.14. The Kier molecular flexibility index (Phi) is 7.73. The molecule has 1 rings (SSSR count). The van der Waals surface area contributed by atoms with E-state index in [1.165, 1.54) is 5.56 Å². The predicted molar refractivity (Wildman–Crippen MR) is 80.0 cm³/mol. The number of aryl methyl sites for hydroxylation is 1. The first-order chi connectivity index (χ1) is 9.61. The molecule has 1 aromatic carbocycles. The molecule has 0 heterocycles. The second kappa shape index (κ2) is 9.37. The van der Waals surface area contributed by atoms with Crippen molar-refractivity contribution < 1.29 is 14.3 Å². The molecule has 4 nitrogen and oxygen atoms in total. The molecule has 0 spiro atoms. The summed E-state index contributed by atoms with van der Waals surface area (Å²) >= 11 is 0. The maximum Gasteiger partial charge on any atom is 0.257 e. The quantitative estimate of drug-likeness (QED) is 0.707. The van der Waals surface area contributed by atoms with Crippen LogP contribution in [0.25, 0.3) is 0 Å². The summed E-state index contributed by atoms with van der Waals surface area (Å²) in [5.74, 6) is 0.620. The van der Waals surface area contributed by atoms with Crippen molar-refractivity contribution in [2.24, 2.45) is 0 Å². The molecule has 0 saturated carbocycles. The average molecular weight is 279 g/mol. The van der Waals surface area contributed by atoms with E-state index in [-0.39, 0.29) is 18.6 Å². The minimum atomic E-state index is -0.103. The molecule has 0 aliphatic rings. The number of ether oxygens (including phenoxy) is 2. The summed E-state index contributed by atoms with van der Waals surface area (Å²) in [5.41, 5.74) is 1.26. The van der Waals surface area contributed by atoms with E-state index in [0.717, 1.165) is 18.6 Å². The molecule has 112 valence electrons. The second-order valence-electron chi connectivity index (χ2n) is 4.91. The Bertz CT molecular complexity index is 387. The second-order valence-corrected chi connectivity index (χ2v) is 4.91. The Morgan fingerprint density at radius 2 is 1.95 bits per heavy atom. The number of hydrogen-bond donors (Lipinski definition) is 1. The summed E-state index contributed by atoms with van der Waals surface area (Å²) in [4.78, 5) is 11.6. The van der Waals surface area contributed by atoms with Crippen molar-refractivity contribution in [2.45, 2.75) is 39.7 Å². The van der Waals surface area contributed by atoms with E-state index < -0.39 is 0 Å². The number of nitrogens with one attached hydrogen (secondary N) is 1. The van der Waals surface area contributed by atoms with E-state index in [1.807, 2.05) is 38.1 Å². The fourth-order valence-corrected chi connectivity index (χ4v) is 1.64. The standard InChI is InChI=1S/C16H25NO3/c1-4-14-6-8-15(9-7-14)20-12-16(18)17-10-5-11-19-13(2)3/h6-9,13H,4-5,10-12H2,1-3H3,(H,17,18). The molecule has 0 radical (unpaired) electrons. The first-order valence-corrected chi connectivity index (χ1v) is 7.22. The molecule has 0 fully saturated rings. The molecular weight excluding hydrogens is 254 g/mol. The number of amides is 1. The highest BCUT2D eigenvalue weighted by Gasteiger charge is 2.02. The zero-order valence-electron chi connectivity index (χ0n) is 12.6. The largest absolute Gasteiger partial charge is 0.484 e. The number of carbonyl (C=O) groups is 1. The Labute approximate surface area is 121 Å². The van der Waals surface area contributed by atoms with Crippen LogP contribution in [0.1, 0.15) is 32.8 Å². The van der Waals surface area contributed by atoms with Crippen molar-refractivity contribution in [1.29, 1.82) is 0 Å². The molecule has 0 aliphatic heterocycles. The first kappa shape index (κ1) is 16.5. The van der Waals surface area contributed by atoms with E-state index >= 15 is 0 Å². The predicted octanol–water partition coefficient (Wildman–Crippen LogP) is 2.56. The molecule has 0 saturated heterocycles. The first-order valence-electron chi connectivity index (χ1n) is 7.22. The molecule has 0 aromatic heterocycles. The van der Waals surface area contributed by atoms with Crippen LogP contribution >= 0.6 is 0 Å². The Balaban J connectivity index is 2.13. The highest BCUT2D eigenvalue weighted by molar-refractivity contribution is 5.77. The molecule has 1 N–H and O–H groups in total. The summed E-state index contributed by atoms with van der Waals surface area (Å²) < 4.78 is 10.8. The van der Waals surface area contributed by atoms with Crippen molar-refractivity contribution in [3.63, 3.8) is 0 Å². The summed E-state index contributed by atoms with van der Waals surface area (Å²) in [6.45, 7) is 7.43. The van der Waals surface area contributed by atoms with Crippen LogP contribution in [-0.2, 0) is 16.0 Å². The van der Waals surface area contributed by atoms with Crippen LogP contribution in [0.3, 0.4) is 0 Å². The minimum Gasteiger partial charge on any atom is -0.484 e. The molecule has 0 atom stereocenters. The van der Waals surface area contributed by atoms with Gasteiger partial charge >= 0.3 is 0 Å². The van der Waals surface area contributed by atoms with E-state index in [2.05, 4.69) is 12.2 Å². The van der Waals surface area contributed by atoms with E-state index in [1.54, 1.807) is 0 Å². The van der Waals surface area contributed by atoms with Gasteiger partial charge in [0, 0.05) is 13.2 Å². The normalized spacial score (nSPS) is 10.6. The number of rotatable bonds is 9. The molecule has 1 aromatic rings. The average Bonchev–Trinajstić information content (AvgIpc) is 2.45. The van der Waals surface area contributed by atoms with Crippen molar-refractivity contribution in [3.05, 3.63) is 29.8 Å². The van der Waals surface area contributed by atoms with E-state index in [0.29, 0.717) is 13.2 Å². The van der Waals surface area contributed by atoms with Crippen LogP contribution in [0.2, 0.25) is 0 Å². The molecule has 1 amide bonds. The SMILES string of the molecule is CCc1ccc(OCC(=O)NCCCOC(C)C)cc1. The molecular formula is C16H25NO3. The summed E-state index contributed by atoms with van der Waals surface area (Å²) in [6.07, 6.45) is 2.05. The number of hydrogen-bond acceptors (Lipinski definition) is 3. The monoisotopic (exact) mass is 279 g/mol. The van der Waals surface area contributed by atoms with Gasteiger partial charge in [0.2, 0.25) is 0 Å². The van der Waals surface area contributed by atoms with Crippen LogP contribution in [0, 0.1) is 0 Å². The summed E-state index contributed by atoms with van der Waals surface area (Å²) in [5, 5.41) is 2.81. The molecule has 0 bridgehead atoms. The van der Waals surface area contributed by atoms with Crippen LogP contribution < -0.4 is 10.1 Å². The molecule has 4 heteroatoms. The Morgan fingerprint density at radius 1 is 1.25 bits per heavy atom. The van der Waals surface area contributed by atoms with Gasteiger partial charge in [-0.15, -0.1) is 0 Å². The fraction of sp³-hybridized carbons (Fsp3) is 0.562. The number of benzene rings is 1. The van der Waals surface area contributed by atoms with Gasteiger partial charge in [-0.3, -0.25) is 4.79 Å². The van der Waals surface area contributed by atoms with Crippen molar-refractivity contribution in [2.75, 3.05) is 19.8 Å². The Morgan fingerprint density at radius 3 is 2.55 bits per heavy atom. The lowest BCUT2D eigenvalue weighted by molar-refractivity contribution is -0.123. The van der Waals surface area contributed by atoms with Gasteiger partial charge < -0.3 is 14.8 Å². The third-order valence-corrected chi connectivity index (χ3v) is 2.80. The topological polar surface area (TPSA) is 47.6 Å². The fourth-order valence-electron chi connectivity index (χ4n) is 1.64. The van der Waals surface area contributed by atoms with Gasteiger partial charge in [-0.05, 0) is 44.4 Å². The summed E-state index contributed by atoms with van der Waals surface area (Å²) in [7, 11) is 0. The zero-order valence-corrected chi connectivity index (χ0v) is 12.6. The highest BCUT2D eigenvalue weighted by atomic mass is 16.5. The Hall–Kier alpha value is -1.55. The van der Waals surface area contributed by atoms with Crippen LogP contribution in [0.4, 0.5) is 0 Å². The smallest absolute Gasteiger partial charge is 0.257 e.